The molecule has 2 nitrogen and oxygen atoms in total. The first-order valence-corrected chi connectivity index (χ1v) is 9.44. The summed E-state index contributed by atoms with van der Waals surface area (Å²) in [7, 11) is 4.07. The van der Waals surface area contributed by atoms with Gasteiger partial charge in [0, 0.05) is 19.8 Å². The zero-order valence-corrected chi connectivity index (χ0v) is 16.1. The van der Waals surface area contributed by atoms with E-state index < -0.39 is 5.41 Å². The van der Waals surface area contributed by atoms with Crippen molar-refractivity contribution in [2.24, 2.45) is 0 Å². The van der Waals surface area contributed by atoms with Crippen molar-refractivity contribution in [2.45, 2.75) is 24.7 Å². The van der Waals surface area contributed by atoms with Gasteiger partial charge in [0.1, 0.15) is 5.41 Å². The van der Waals surface area contributed by atoms with Crippen LogP contribution in [0.5, 0.6) is 0 Å². The third-order valence-corrected chi connectivity index (χ3v) is 5.17. The standard InChI is InChI=1S/C25H26N2/c1-27(2)24-17-9-16-23(19-24)25(20-26,22-14-7-4-8-15-22)18-10-13-21-11-5-3-6-12-21/h3-9,11-12,14-17,19H,10,13,18H2,1-2H3/t25-/m1/s1. The van der Waals surface area contributed by atoms with E-state index in [4.69, 9.17) is 0 Å². The minimum absolute atomic E-state index is 0.637. The Morgan fingerprint density at radius 1 is 0.815 bits per heavy atom. The second-order valence-electron chi connectivity index (χ2n) is 7.17. The van der Waals surface area contributed by atoms with Crippen LogP contribution in [0, 0.1) is 11.3 Å². The summed E-state index contributed by atoms with van der Waals surface area (Å²) < 4.78 is 0. The lowest BCUT2D eigenvalue weighted by Gasteiger charge is -2.29. The molecule has 0 amide bonds. The minimum atomic E-state index is -0.637. The quantitative estimate of drug-likeness (QED) is 0.553. The molecule has 136 valence electrons. The molecule has 0 aliphatic carbocycles. The Hall–Kier alpha value is -3.05. The van der Waals surface area contributed by atoms with Gasteiger partial charge >= 0.3 is 0 Å². The summed E-state index contributed by atoms with van der Waals surface area (Å²) in [5.41, 5.74) is 3.93. The van der Waals surface area contributed by atoms with Crippen molar-refractivity contribution < 1.29 is 0 Å². The van der Waals surface area contributed by atoms with Gasteiger partial charge in [-0.1, -0.05) is 72.8 Å². The van der Waals surface area contributed by atoms with E-state index in [-0.39, 0.29) is 0 Å². The van der Waals surface area contributed by atoms with Gasteiger partial charge in [-0.25, -0.2) is 0 Å². The smallest absolute Gasteiger partial charge is 0.107 e. The van der Waals surface area contributed by atoms with Crippen LogP contribution in [0.4, 0.5) is 5.69 Å². The largest absolute Gasteiger partial charge is 0.378 e. The van der Waals surface area contributed by atoms with Gasteiger partial charge < -0.3 is 4.90 Å². The van der Waals surface area contributed by atoms with Crippen LogP contribution in [0.3, 0.4) is 0 Å². The van der Waals surface area contributed by atoms with Crippen LogP contribution in [0.25, 0.3) is 0 Å². The summed E-state index contributed by atoms with van der Waals surface area (Å²) in [5, 5.41) is 10.3. The van der Waals surface area contributed by atoms with Crippen molar-refractivity contribution in [2.75, 3.05) is 19.0 Å². The molecule has 3 aromatic rings. The van der Waals surface area contributed by atoms with Crippen LogP contribution >= 0.6 is 0 Å². The van der Waals surface area contributed by atoms with Crippen LogP contribution < -0.4 is 4.90 Å². The van der Waals surface area contributed by atoms with E-state index in [1.165, 1.54) is 5.56 Å². The molecule has 3 aromatic carbocycles. The molecule has 0 spiro atoms. The van der Waals surface area contributed by atoms with Crippen molar-refractivity contribution in [1.82, 2.24) is 0 Å². The Morgan fingerprint density at radius 2 is 1.44 bits per heavy atom. The van der Waals surface area contributed by atoms with Crippen molar-refractivity contribution in [3.05, 3.63) is 102 Å². The van der Waals surface area contributed by atoms with Gasteiger partial charge in [0.05, 0.1) is 6.07 Å². The molecule has 2 heteroatoms. The molecule has 27 heavy (non-hydrogen) atoms. The lowest BCUT2D eigenvalue weighted by Crippen LogP contribution is -2.26. The molecule has 0 bridgehead atoms. The maximum atomic E-state index is 10.3. The Kier molecular flexibility index (Phi) is 5.94. The Balaban J connectivity index is 1.96. The maximum Gasteiger partial charge on any atom is 0.107 e. The van der Waals surface area contributed by atoms with E-state index in [0.717, 1.165) is 36.1 Å². The number of aryl methyl sites for hydroxylation is 1. The van der Waals surface area contributed by atoms with Gasteiger partial charge in [0.15, 0.2) is 0 Å². The summed E-state index contributed by atoms with van der Waals surface area (Å²) in [6.45, 7) is 0. The predicted octanol–water partition coefficient (Wildman–Crippen LogP) is 5.59. The summed E-state index contributed by atoms with van der Waals surface area (Å²) in [6.07, 6.45) is 2.72. The molecule has 0 radical (unpaired) electrons. The van der Waals surface area contributed by atoms with Crippen LogP contribution in [0.2, 0.25) is 0 Å². The van der Waals surface area contributed by atoms with Gasteiger partial charge in [-0.05, 0) is 48.1 Å². The third kappa shape index (κ3) is 4.20. The maximum absolute atomic E-state index is 10.3. The Labute approximate surface area is 162 Å². The van der Waals surface area contributed by atoms with Crippen molar-refractivity contribution in [3.8, 4) is 6.07 Å². The summed E-state index contributed by atoms with van der Waals surface area (Å²) in [4.78, 5) is 2.08. The molecular formula is C25H26N2. The highest BCUT2D eigenvalue weighted by Gasteiger charge is 2.34. The Bertz CT molecular complexity index is 894. The fourth-order valence-corrected chi connectivity index (χ4v) is 3.61. The number of benzene rings is 3. The first-order valence-electron chi connectivity index (χ1n) is 9.44. The lowest BCUT2D eigenvalue weighted by atomic mass is 9.72. The number of hydrogen-bond donors (Lipinski definition) is 0. The minimum Gasteiger partial charge on any atom is -0.378 e. The fourth-order valence-electron chi connectivity index (χ4n) is 3.61. The van der Waals surface area contributed by atoms with Gasteiger partial charge in [-0.15, -0.1) is 0 Å². The monoisotopic (exact) mass is 354 g/mol. The highest BCUT2D eigenvalue weighted by molar-refractivity contribution is 5.54. The van der Waals surface area contributed by atoms with Gasteiger partial charge in [0.2, 0.25) is 0 Å². The van der Waals surface area contributed by atoms with E-state index in [0.29, 0.717) is 0 Å². The molecule has 1 atom stereocenters. The normalized spacial score (nSPS) is 12.8. The van der Waals surface area contributed by atoms with E-state index in [2.05, 4.69) is 71.6 Å². The summed E-state index contributed by atoms with van der Waals surface area (Å²) in [5.74, 6) is 0. The zero-order valence-electron chi connectivity index (χ0n) is 16.1. The van der Waals surface area contributed by atoms with E-state index >= 15 is 0 Å². The average molecular weight is 354 g/mol. The van der Waals surface area contributed by atoms with Gasteiger partial charge in [0.25, 0.3) is 0 Å². The Morgan fingerprint density at radius 3 is 2.07 bits per heavy atom. The molecule has 0 saturated heterocycles. The topological polar surface area (TPSA) is 27.0 Å². The van der Waals surface area contributed by atoms with Crippen LogP contribution in [-0.4, -0.2) is 14.1 Å². The number of hydrogen-bond acceptors (Lipinski definition) is 2. The third-order valence-electron chi connectivity index (χ3n) is 5.17. The highest BCUT2D eigenvalue weighted by Crippen LogP contribution is 2.38. The van der Waals surface area contributed by atoms with Crippen LogP contribution in [-0.2, 0) is 11.8 Å². The van der Waals surface area contributed by atoms with Crippen LogP contribution in [0.15, 0.2) is 84.9 Å². The van der Waals surface area contributed by atoms with Crippen molar-refractivity contribution >= 4 is 5.69 Å². The number of rotatable bonds is 7. The van der Waals surface area contributed by atoms with Gasteiger partial charge in [-0.3, -0.25) is 0 Å². The second-order valence-corrected chi connectivity index (χ2v) is 7.17. The average Bonchev–Trinajstić information content (AvgIpc) is 2.73. The molecule has 3 rings (SSSR count). The fraction of sp³-hybridized carbons (Fsp3) is 0.240. The molecule has 0 aliphatic heterocycles. The highest BCUT2D eigenvalue weighted by atomic mass is 15.1. The SMILES string of the molecule is CN(C)c1cccc([C@@](C#N)(CCCc2ccccc2)c2ccccc2)c1. The van der Waals surface area contributed by atoms with E-state index in [1.54, 1.807) is 0 Å². The lowest BCUT2D eigenvalue weighted by molar-refractivity contribution is 0.561. The van der Waals surface area contributed by atoms with Crippen LogP contribution in [0.1, 0.15) is 29.5 Å². The molecule has 0 saturated carbocycles. The van der Waals surface area contributed by atoms with Crippen molar-refractivity contribution in [3.63, 3.8) is 0 Å². The predicted molar refractivity (Wildman–Crippen MR) is 113 cm³/mol. The van der Waals surface area contributed by atoms with E-state index in [1.807, 2.05) is 38.4 Å². The second kappa shape index (κ2) is 8.56. The molecular weight excluding hydrogens is 328 g/mol. The summed E-state index contributed by atoms with van der Waals surface area (Å²) >= 11 is 0. The first-order chi connectivity index (χ1) is 13.2. The molecule has 0 aliphatic rings. The molecule has 0 N–H and O–H groups in total. The van der Waals surface area contributed by atoms with E-state index in [9.17, 15) is 5.26 Å². The molecule has 0 unspecified atom stereocenters. The molecule has 0 aromatic heterocycles. The zero-order chi connectivity index (χ0) is 19.1. The number of nitriles is 1. The molecule has 0 heterocycles. The molecule has 0 fully saturated rings. The first kappa shape index (κ1) is 18.7. The summed E-state index contributed by atoms with van der Waals surface area (Å²) in [6, 6.07) is 31.8. The van der Waals surface area contributed by atoms with Crippen molar-refractivity contribution in [1.29, 1.82) is 5.26 Å². The number of nitrogens with zero attached hydrogens (tertiary/aromatic N) is 2. The van der Waals surface area contributed by atoms with Gasteiger partial charge in [-0.2, -0.15) is 5.26 Å². The number of anilines is 1.